The van der Waals surface area contributed by atoms with Gasteiger partial charge in [0.2, 0.25) is 0 Å². The molecular weight excluding hydrogens is 769 g/mol. The lowest BCUT2D eigenvalue weighted by molar-refractivity contribution is 0.436. The van der Waals surface area contributed by atoms with Crippen molar-refractivity contribution in [2.75, 3.05) is 0 Å². The largest absolute Gasteiger partial charge is 0.457 e. The van der Waals surface area contributed by atoms with Crippen LogP contribution in [-0.4, -0.2) is 16.2 Å². The van der Waals surface area contributed by atoms with E-state index in [4.69, 9.17) is 14.7 Å². The first-order valence-electron chi connectivity index (χ1n) is 21.5. The van der Waals surface area contributed by atoms with E-state index in [1.165, 1.54) is 44.1 Å². The summed E-state index contributed by atoms with van der Waals surface area (Å²) in [5.41, 5.74) is 15.4. The number of nitrogens with one attached hydrogen (secondary N) is 1. The van der Waals surface area contributed by atoms with Crippen LogP contribution in [0.4, 0.5) is 0 Å². The molecule has 0 amide bonds. The number of para-hydroxylation sites is 3. The second-order valence-corrected chi connectivity index (χ2v) is 16.5. The Morgan fingerprint density at radius 3 is 1.65 bits per heavy atom. The van der Waals surface area contributed by atoms with E-state index in [-0.39, 0.29) is 6.17 Å². The van der Waals surface area contributed by atoms with E-state index in [2.05, 4.69) is 222 Å². The van der Waals surface area contributed by atoms with Gasteiger partial charge in [0.15, 0.2) is 5.84 Å². The molecule has 3 heterocycles. The number of hydrogen-bond acceptors (Lipinski definition) is 4. The lowest BCUT2D eigenvalue weighted by atomic mass is 9.66. The van der Waals surface area contributed by atoms with Crippen LogP contribution in [0.15, 0.2) is 228 Å². The Morgan fingerprint density at radius 2 is 0.968 bits per heavy atom. The van der Waals surface area contributed by atoms with Gasteiger partial charge in [-0.2, -0.15) is 0 Å². The Labute approximate surface area is 365 Å². The van der Waals surface area contributed by atoms with Crippen LogP contribution in [0.3, 0.4) is 0 Å². The summed E-state index contributed by atoms with van der Waals surface area (Å²) in [6, 6.07) is 77.8. The fraction of sp³-hybridized carbons (Fsp3) is 0.0345. The van der Waals surface area contributed by atoms with Crippen LogP contribution < -0.4 is 10.1 Å². The van der Waals surface area contributed by atoms with Crippen LogP contribution in [0.5, 0.6) is 11.5 Å². The zero-order chi connectivity index (χ0) is 41.5. The summed E-state index contributed by atoms with van der Waals surface area (Å²) in [5, 5.41) is 6.24. The van der Waals surface area contributed by atoms with Crippen molar-refractivity contribution in [2.24, 2.45) is 9.98 Å². The van der Waals surface area contributed by atoms with Crippen LogP contribution in [0.25, 0.3) is 49.7 Å². The van der Waals surface area contributed by atoms with Gasteiger partial charge in [-0.3, -0.25) is 0 Å². The fourth-order valence-corrected chi connectivity index (χ4v) is 10.4. The van der Waals surface area contributed by atoms with Gasteiger partial charge in [0.25, 0.3) is 0 Å². The number of rotatable bonds is 5. The van der Waals surface area contributed by atoms with E-state index in [0.29, 0.717) is 5.84 Å². The quantitative estimate of drug-likeness (QED) is 0.188. The maximum atomic E-state index is 6.74. The van der Waals surface area contributed by atoms with Crippen LogP contribution in [0, 0.1) is 0 Å². The first-order chi connectivity index (χ1) is 31.2. The summed E-state index contributed by atoms with van der Waals surface area (Å²) in [7, 11) is 0. The van der Waals surface area contributed by atoms with E-state index >= 15 is 0 Å². The monoisotopic (exact) mass is 806 g/mol. The molecule has 0 bridgehead atoms. The number of aromatic nitrogens is 1. The summed E-state index contributed by atoms with van der Waals surface area (Å²) >= 11 is 0. The van der Waals surface area contributed by atoms with Crippen LogP contribution in [-0.2, 0) is 5.41 Å². The molecule has 9 aromatic carbocycles. The summed E-state index contributed by atoms with van der Waals surface area (Å²) in [6.45, 7) is 0. The number of amidine groups is 2. The minimum absolute atomic E-state index is 0.336. The number of fused-ring (bicyclic) bond motifs is 12. The zero-order valence-electron chi connectivity index (χ0n) is 34.1. The molecule has 1 aromatic heterocycles. The highest BCUT2D eigenvalue weighted by Gasteiger charge is 2.51. The van der Waals surface area contributed by atoms with Gasteiger partial charge in [-0.1, -0.05) is 170 Å². The lowest BCUT2D eigenvalue weighted by Crippen LogP contribution is -2.35. The van der Waals surface area contributed by atoms with Gasteiger partial charge in [-0.25, -0.2) is 9.98 Å². The third-order valence-electron chi connectivity index (χ3n) is 13.2. The summed E-state index contributed by atoms with van der Waals surface area (Å²) < 4.78 is 9.09. The summed E-state index contributed by atoms with van der Waals surface area (Å²) in [4.78, 5) is 10.5. The normalized spacial score (nSPS) is 15.4. The molecule has 1 atom stereocenters. The Balaban J connectivity index is 0.892. The molecule has 63 heavy (non-hydrogen) atoms. The van der Waals surface area contributed by atoms with Gasteiger partial charge >= 0.3 is 0 Å². The number of hydrogen-bond donors (Lipinski definition) is 1. The van der Waals surface area contributed by atoms with Gasteiger partial charge < -0.3 is 14.6 Å². The summed E-state index contributed by atoms with van der Waals surface area (Å²) in [5.74, 6) is 3.15. The maximum absolute atomic E-state index is 6.74. The molecule has 1 unspecified atom stereocenters. The predicted molar refractivity (Wildman–Crippen MR) is 255 cm³/mol. The van der Waals surface area contributed by atoms with Gasteiger partial charge in [0.1, 0.15) is 23.5 Å². The molecule has 0 fully saturated rings. The van der Waals surface area contributed by atoms with Crippen molar-refractivity contribution in [3.8, 4) is 39.4 Å². The standard InChI is InChI=1S/C58H38N4O/c1-2-14-39(15-3-1)55-59-56(40-28-26-37(27-29-40)38-30-33-42(34-31-38)62-51-23-11-6-18-45(51)46-19-7-12-24-52(46)62)61-57(60-55)41-32-35-54-50(36-41)58(49-22-10-13-25-53(49)63-54)47-20-8-4-16-43(47)44-17-5-9-21-48(44)58/h1-36,55H,(H,59,60,61). The van der Waals surface area contributed by atoms with Crippen molar-refractivity contribution in [1.29, 1.82) is 0 Å². The van der Waals surface area contributed by atoms with Gasteiger partial charge in [-0.05, 0) is 87.5 Å². The third kappa shape index (κ3) is 5.36. The Kier molecular flexibility index (Phi) is 7.81. The molecule has 5 heteroatoms. The molecule has 0 saturated carbocycles. The predicted octanol–water partition coefficient (Wildman–Crippen LogP) is 13.4. The van der Waals surface area contributed by atoms with Crippen molar-refractivity contribution >= 4 is 33.5 Å². The molecule has 0 saturated heterocycles. The lowest BCUT2D eigenvalue weighted by Gasteiger charge is -2.39. The molecule has 3 aliphatic rings. The van der Waals surface area contributed by atoms with E-state index in [9.17, 15) is 0 Å². The zero-order valence-corrected chi connectivity index (χ0v) is 34.1. The Morgan fingerprint density at radius 1 is 0.444 bits per heavy atom. The van der Waals surface area contributed by atoms with Gasteiger partial charge in [0, 0.05) is 38.7 Å². The second-order valence-electron chi connectivity index (χ2n) is 16.5. The maximum Gasteiger partial charge on any atom is 0.159 e. The molecule has 1 aliphatic carbocycles. The molecule has 13 rings (SSSR count). The minimum Gasteiger partial charge on any atom is -0.457 e. The van der Waals surface area contributed by atoms with Gasteiger partial charge in [-0.15, -0.1) is 0 Å². The first-order valence-corrected chi connectivity index (χ1v) is 21.5. The van der Waals surface area contributed by atoms with E-state index < -0.39 is 5.41 Å². The third-order valence-corrected chi connectivity index (χ3v) is 13.2. The average molecular weight is 807 g/mol. The van der Waals surface area contributed by atoms with Crippen molar-refractivity contribution in [2.45, 2.75) is 11.6 Å². The highest BCUT2D eigenvalue weighted by atomic mass is 16.5. The molecule has 10 aromatic rings. The number of benzene rings is 9. The second kappa shape index (κ2) is 13.9. The molecular formula is C58H38N4O. The van der Waals surface area contributed by atoms with Crippen LogP contribution in [0.2, 0.25) is 0 Å². The highest BCUT2D eigenvalue weighted by molar-refractivity contribution is 6.13. The van der Waals surface area contributed by atoms with E-state index in [0.717, 1.165) is 62.0 Å². The van der Waals surface area contributed by atoms with E-state index in [1.54, 1.807) is 0 Å². The van der Waals surface area contributed by atoms with Crippen molar-refractivity contribution in [3.05, 3.63) is 257 Å². The number of ether oxygens (including phenoxy) is 1. The molecule has 1 N–H and O–H groups in total. The topological polar surface area (TPSA) is 50.9 Å². The molecule has 1 spiro atoms. The van der Waals surface area contributed by atoms with Crippen LogP contribution in [0.1, 0.15) is 45.1 Å². The van der Waals surface area contributed by atoms with Crippen LogP contribution >= 0.6 is 0 Å². The average Bonchev–Trinajstić information content (AvgIpc) is 3.85. The van der Waals surface area contributed by atoms with E-state index in [1.807, 2.05) is 6.07 Å². The number of nitrogens with zero attached hydrogens (tertiary/aromatic N) is 3. The summed E-state index contributed by atoms with van der Waals surface area (Å²) in [6.07, 6.45) is -0.336. The fourth-order valence-electron chi connectivity index (χ4n) is 10.4. The minimum atomic E-state index is -0.574. The SMILES string of the molecule is c1ccc(C2N=C(c3ccc(-c4ccc(-n5c6ccccc6c6ccccc65)cc4)cc3)N=C(c3ccc4c(c3)C3(c5ccccc5O4)c4ccccc4-c4ccccc43)N2)cc1. The molecule has 296 valence electrons. The van der Waals surface area contributed by atoms with Gasteiger partial charge in [0.05, 0.1) is 16.4 Å². The number of aliphatic imine (C=N–C) groups is 2. The molecule has 2 aliphatic heterocycles. The van der Waals surface area contributed by atoms with Crippen molar-refractivity contribution < 1.29 is 4.74 Å². The smallest absolute Gasteiger partial charge is 0.159 e. The Hall–Kier alpha value is -8.28. The van der Waals surface area contributed by atoms with Crippen molar-refractivity contribution in [1.82, 2.24) is 9.88 Å². The molecule has 0 radical (unpaired) electrons. The first kappa shape index (κ1) is 35.5. The highest BCUT2D eigenvalue weighted by Crippen LogP contribution is 2.62. The molecule has 5 nitrogen and oxygen atoms in total. The Bertz CT molecular complexity index is 3410. The van der Waals surface area contributed by atoms with Crippen molar-refractivity contribution in [3.63, 3.8) is 0 Å².